The Labute approximate surface area is 130 Å². The second-order valence-corrected chi connectivity index (χ2v) is 6.24. The van der Waals surface area contributed by atoms with Gasteiger partial charge in [0, 0.05) is 49.9 Å². The van der Waals surface area contributed by atoms with Gasteiger partial charge in [0.15, 0.2) is 0 Å². The van der Waals surface area contributed by atoms with Gasteiger partial charge in [-0.3, -0.25) is 15.0 Å². The Bertz CT molecular complexity index is 516. The van der Waals surface area contributed by atoms with Crippen molar-refractivity contribution >= 4 is 5.69 Å². The highest BCUT2D eigenvalue weighted by molar-refractivity contribution is 5.37. The molecule has 1 N–H and O–H groups in total. The van der Waals surface area contributed by atoms with Crippen molar-refractivity contribution in [1.82, 2.24) is 10.2 Å². The molecule has 1 atom stereocenters. The molecule has 1 aliphatic heterocycles. The third kappa shape index (κ3) is 4.24. The van der Waals surface area contributed by atoms with Gasteiger partial charge in [-0.25, -0.2) is 4.39 Å². The van der Waals surface area contributed by atoms with Crippen LogP contribution in [0.1, 0.15) is 38.3 Å². The van der Waals surface area contributed by atoms with Gasteiger partial charge in [-0.2, -0.15) is 0 Å². The van der Waals surface area contributed by atoms with E-state index in [9.17, 15) is 14.5 Å². The molecule has 5 nitrogen and oxygen atoms in total. The lowest BCUT2D eigenvalue weighted by molar-refractivity contribution is -0.385. The molecule has 0 radical (unpaired) electrons. The quantitative estimate of drug-likeness (QED) is 0.648. The summed E-state index contributed by atoms with van der Waals surface area (Å²) in [5, 5.41) is 14.3. The molecule has 1 aliphatic rings. The summed E-state index contributed by atoms with van der Waals surface area (Å²) in [7, 11) is 0. The second kappa shape index (κ2) is 7.65. The minimum atomic E-state index is -0.458. The second-order valence-electron chi connectivity index (χ2n) is 6.24. The summed E-state index contributed by atoms with van der Waals surface area (Å²) >= 11 is 0. The predicted octanol–water partition coefficient (Wildman–Crippen LogP) is 3.12. The summed E-state index contributed by atoms with van der Waals surface area (Å²) < 4.78 is 14.3. The lowest BCUT2D eigenvalue weighted by Gasteiger charge is -2.35. The minimum Gasteiger partial charge on any atom is -0.314 e. The predicted molar refractivity (Wildman–Crippen MR) is 84.3 cm³/mol. The molecule has 1 heterocycles. The molecule has 1 aromatic rings. The van der Waals surface area contributed by atoms with Gasteiger partial charge in [0.1, 0.15) is 5.82 Å². The van der Waals surface area contributed by atoms with Crippen molar-refractivity contribution in [1.29, 1.82) is 0 Å². The van der Waals surface area contributed by atoms with Gasteiger partial charge in [0.05, 0.1) is 4.92 Å². The smallest absolute Gasteiger partial charge is 0.269 e. The Morgan fingerprint density at radius 1 is 1.32 bits per heavy atom. The van der Waals surface area contributed by atoms with Gasteiger partial charge < -0.3 is 5.32 Å². The lowest BCUT2D eigenvalue weighted by atomic mass is 9.95. The summed E-state index contributed by atoms with van der Waals surface area (Å²) in [4.78, 5) is 12.8. The molecule has 1 fully saturated rings. The van der Waals surface area contributed by atoms with Crippen LogP contribution in [0.15, 0.2) is 18.2 Å². The summed E-state index contributed by atoms with van der Waals surface area (Å²) in [6.45, 7) is 7.69. The van der Waals surface area contributed by atoms with Crippen molar-refractivity contribution in [2.45, 2.75) is 32.7 Å². The Morgan fingerprint density at radius 2 is 2.00 bits per heavy atom. The van der Waals surface area contributed by atoms with Gasteiger partial charge >= 0.3 is 0 Å². The number of non-ortho nitro benzene ring substituents is 1. The zero-order chi connectivity index (χ0) is 16.1. The van der Waals surface area contributed by atoms with E-state index in [-0.39, 0.29) is 17.5 Å². The van der Waals surface area contributed by atoms with Crippen molar-refractivity contribution in [2.24, 2.45) is 5.92 Å². The highest BCUT2D eigenvalue weighted by Crippen LogP contribution is 2.31. The van der Waals surface area contributed by atoms with E-state index in [4.69, 9.17) is 0 Å². The molecule has 0 spiro atoms. The van der Waals surface area contributed by atoms with E-state index in [2.05, 4.69) is 24.1 Å². The third-order valence-corrected chi connectivity index (χ3v) is 4.16. The van der Waals surface area contributed by atoms with Crippen LogP contribution in [-0.4, -0.2) is 36.0 Å². The van der Waals surface area contributed by atoms with Gasteiger partial charge in [-0.15, -0.1) is 0 Å². The van der Waals surface area contributed by atoms with Crippen LogP contribution in [0.5, 0.6) is 0 Å². The molecule has 6 heteroatoms. The number of benzene rings is 1. The number of nitro benzene ring substituents is 1. The fourth-order valence-corrected chi connectivity index (χ4v) is 2.92. The zero-order valence-electron chi connectivity index (χ0n) is 13.2. The van der Waals surface area contributed by atoms with Gasteiger partial charge in [0.2, 0.25) is 0 Å². The van der Waals surface area contributed by atoms with E-state index in [1.54, 1.807) is 0 Å². The van der Waals surface area contributed by atoms with E-state index in [1.165, 1.54) is 18.2 Å². The van der Waals surface area contributed by atoms with Crippen LogP contribution in [-0.2, 0) is 0 Å². The molecule has 122 valence electrons. The van der Waals surface area contributed by atoms with E-state index < -0.39 is 4.92 Å². The van der Waals surface area contributed by atoms with Crippen LogP contribution in [0.4, 0.5) is 10.1 Å². The highest BCUT2D eigenvalue weighted by atomic mass is 19.1. The molecular formula is C16H24FN3O2. The van der Waals surface area contributed by atoms with Crippen molar-refractivity contribution in [3.05, 3.63) is 39.7 Å². The third-order valence-electron chi connectivity index (χ3n) is 4.16. The maximum absolute atomic E-state index is 14.3. The summed E-state index contributed by atoms with van der Waals surface area (Å²) in [5.41, 5.74) is 0.415. The molecule has 0 unspecified atom stereocenters. The fourth-order valence-electron chi connectivity index (χ4n) is 2.92. The topological polar surface area (TPSA) is 58.4 Å². The molecule has 0 amide bonds. The van der Waals surface area contributed by atoms with Gasteiger partial charge in [-0.1, -0.05) is 13.8 Å². The first-order valence-electron chi connectivity index (χ1n) is 7.87. The Morgan fingerprint density at radius 3 is 2.59 bits per heavy atom. The number of hydrogen-bond acceptors (Lipinski definition) is 4. The van der Waals surface area contributed by atoms with Gasteiger partial charge in [0.25, 0.3) is 5.69 Å². The van der Waals surface area contributed by atoms with E-state index in [0.717, 1.165) is 39.0 Å². The Kier molecular flexibility index (Phi) is 5.85. The summed E-state index contributed by atoms with van der Waals surface area (Å²) in [5.74, 6) is 0.171. The monoisotopic (exact) mass is 309 g/mol. The number of rotatable bonds is 6. The molecular weight excluding hydrogens is 285 g/mol. The summed E-state index contributed by atoms with van der Waals surface area (Å²) in [6.07, 6.45) is 1.78. The largest absolute Gasteiger partial charge is 0.314 e. The maximum atomic E-state index is 14.3. The first-order valence-corrected chi connectivity index (χ1v) is 7.87. The van der Waals surface area contributed by atoms with Gasteiger partial charge in [-0.05, 0) is 24.8 Å². The number of hydrogen-bond donors (Lipinski definition) is 1. The van der Waals surface area contributed by atoms with Crippen LogP contribution in [0, 0.1) is 21.8 Å². The van der Waals surface area contributed by atoms with Crippen LogP contribution >= 0.6 is 0 Å². The number of piperazine rings is 1. The van der Waals surface area contributed by atoms with Crippen molar-refractivity contribution < 1.29 is 9.31 Å². The molecule has 1 saturated heterocycles. The molecule has 22 heavy (non-hydrogen) atoms. The zero-order valence-corrected chi connectivity index (χ0v) is 13.2. The van der Waals surface area contributed by atoms with Crippen LogP contribution in [0.2, 0.25) is 0 Å². The van der Waals surface area contributed by atoms with Crippen LogP contribution < -0.4 is 5.32 Å². The lowest BCUT2D eigenvalue weighted by Crippen LogP contribution is -2.45. The Balaban J connectivity index is 2.29. The normalized spacial score (nSPS) is 17.6. The summed E-state index contributed by atoms with van der Waals surface area (Å²) in [6, 6.07) is 3.76. The minimum absolute atomic E-state index is 0.0407. The number of nitrogens with zero attached hydrogens (tertiary/aromatic N) is 2. The number of nitrogens with one attached hydrogen (secondary N) is 1. The first kappa shape index (κ1) is 16.8. The molecule has 0 aromatic heterocycles. The van der Waals surface area contributed by atoms with Crippen molar-refractivity contribution in [3.63, 3.8) is 0 Å². The maximum Gasteiger partial charge on any atom is 0.269 e. The SMILES string of the molecule is CC(C)CC[C@@H](c1cc([N+](=O)[O-])ccc1F)N1CCNCC1. The molecule has 0 aliphatic carbocycles. The molecule has 1 aromatic carbocycles. The van der Waals surface area contributed by atoms with E-state index in [0.29, 0.717) is 11.5 Å². The van der Waals surface area contributed by atoms with Crippen LogP contribution in [0.25, 0.3) is 0 Å². The average Bonchev–Trinajstić information content (AvgIpc) is 2.49. The fraction of sp³-hybridized carbons (Fsp3) is 0.625. The Hall–Kier alpha value is -1.53. The molecule has 2 rings (SSSR count). The standard InChI is InChI=1S/C16H24FN3O2/c1-12(2)3-6-16(19-9-7-18-8-10-19)14-11-13(20(21)22)4-5-15(14)17/h4-5,11-12,16,18H,3,6-10H2,1-2H3/t16-/m0/s1. The highest BCUT2D eigenvalue weighted by Gasteiger charge is 2.26. The number of halogens is 1. The van der Waals surface area contributed by atoms with Crippen molar-refractivity contribution in [2.75, 3.05) is 26.2 Å². The molecule has 0 saturated carbocycles. The van der Waals surface area contributed by atoms with E-state index in [1.807, 2.05) is 0 Å². The van der Waals surface area contributed by atoms with Crippen molar-refractivity contribution in [3.8, 4) is 0 Å². The van der Waals surface area contributed by atoms with E-state index >= 15 is 0 Å². The number of nitro groups is 1. The first-order chi connectivity index (χ1) is 10.5. The van der Waals surface area contributed by atoms with Crippen LogP contribution in [0.3, 0.4) is 0 Å². The molecule has 0 bridgehead atoms. The average molecular weight is 309 g/mol.